The summed E-state index contributed by atoms with van der Waals surface area (Å²) >= 11 is 0. The van der Waals surface area contributed by atoms with Gasteiger partial charge >= 0.3 is 0 Å². The van der Waals surface area contributed by atoms with E-state index < -0.39 is 0 Å². The lowest BCUT2D eigenvalue weighted by atomic mass is 9.99. The summed E-state index contributed by atoms with van der Waals surface area (Å²) in [7, 11) is 5.22. The number of nitrogens with zero attached hydrogens (tertiary/aromatic N) is 1. The third-order valence-corrected chi connectivity index (χ3v) is 3.94. The normalized spacial score (nSPS) is 10.3. The Morgan fingerprint density at radius 2 is 1.33 bits per heavy atom. The fourth-order valence-corrected chi connectivity index (χ4v) is 2.57. The van der Waals surface area contributed by atoms with Gasteiger partial charge in [0.25, 0.3) is 0 Å². The highest BCUT2D eigenvalue weighted by molar-refractivity contribution is 5.83. The Bertz CT molecular complexity index is 812. The molecule has 0 fully saturated rings. The molecule has 0 unspecified atom stereocenters. The van der Waals surface area contributed by atoms with Gasteiger partial charge in [0, 0.05) is 18.2 Å². The Hall–Kier alpha value is -3.01. The van der Waals surface area contributed by atoms with Crippen LogP contribution in [0.5, 0.6) is 11.5 Å². The maximum Gasteiger partial charge on any atom is 0.118 e. The highest BCUT2D eigenvalue weighted by atomic mass is 16.5. The number of rotatable bonds is 5. The summed E-state index contributed by atoms with van der Waals surface area (Å²) in [6, 6.07) is 18.0. The zero-order valence-electron chi connectivity index (χ0n) is 14.0. The second-order valence-electron chi connectivity index (χ2n) is 5.33. The van der Waals surface area contributed by atoms with E-state index in [9.17, 15) is 0 Å². The fourth-order valence-electron chi connectivity index (χ4n) is 2.57. The summed E-state index contributed by atoms with van der Waals surface area (Å²) in [5, 5.41) is 3.15. The monoisotopic (exact) mass is 320 g/mol. The highest BCUT2D eigenvalue weighted by Gasteiger charge is 2.11. The second-order valence-corrected chi connectivity index (χ2v) is 5.33. The predicted octanol–water partition coefficient (Wildman–Crippen LogP) is 4.47. The van der Waals surface area contributed by atoms with Gasteiger partial charge in [-0.25, -0.2) is 0 Å². The highest BCUT2D eigenvalue weighted by Crippen LogP contribution is 2.33. The number of pyridine rings is 1. The molecule has 122 valence electrons. The van der Waals surface area contributed by atoms with Crippen LogP contribution in [0.15, 0.2) is 60.8 Å². The molecule has 0 spiro atoms. The second kappa shape index (κ2) is 7.04. The van der Waals surface area contributed by atoms with Crippen LogP contribution in [0.1, 0.15) is 0 Å². The Balaban J connectivity index is 2.10. The van der Waals surface area contributed by atoms with Gasteiger partial charge in [0.05, 0.1) is 31.8 Å². The van der Waals surface area contributed by atoms with Crippen LogP contribution in [0, 0.1) is 0 Å². The standard InChI is InChI=1S/C20H20N2O2/c1-21-16-12-19(14-4-8-17(23-2)9-5-14)20(22-13-16)15-6-10-18(24-3)11-7-15/h4-13,21H,1-3H3. The first-order valence-electron chi connectivity index (χ1n) is 7.72. The number of hydrogen-bond acceptors (Lipinski definition) is 4. The minimum Gasteiger partial charge on any atom is -0.497 e. The van der Waals surface area contributed by atoms with Crippen LogP contribution >= 0.6 is 0 Å². The van der Waals surface area contributed by atoms with Gasteiger partial charge in [-0.2, -0.15) is 0 Å². The van der Waals surface area contributed by atoms with Crippen molar-refractivity contribution in [2.24, 2.45) is 0 Å². The van der Waals surface area contributed by atoms with Gasteiger partial charge in [-0.15, -0.1) is 0 Å². The van der Waals surface area contributed by atoms with E-state index in [1.54, 1.807) is 14.2 Å². The molecule has 4 heteroatoms. The average molecular weight is 320 g/mol. The topological polar surface area (TPSA) is 43.4 Å². The van der Waals surface area contributed by atoms with E-state index >= 15 is 0 Å². The molecule has 2 aromatic carbocycles. The van der Waals surface area contributed by atoms with Crippen molar-refractivity contribution in [1.82, 2.24) is 4.98 Å². The minimum absolute atomic E-state index is 0.830. The zero-order chi connectivity index (χ0) is 16.9. The van der Waals surface area contributed by atoms with Gasteiger partial charge in [-0.1, -0.05) is 12.1 Å². The molecule has 0 saturated carbocycles. The molecule has 3 rings (SSSR count). The fraction of sp³-hybridized carbons (Fsp3) is 0.150. The molecule has 24 heavy (non-hydrogen) atoms. The minimum atomic E-state index is 0.830. The molecule has 0 aliphatic rings. The molecule has 0 amide bonds. The summed E-state index contributed by atoms with van der Waals surface area (Å²) in [6.45, 7) is 0. The maximum atomic E-state index is 5.25. The summed E-state index contributed by atoms with van der Waals surface area (Å²) in [5.74, 6) is 1.67. The van der Waals surface area contributed by atoms with Gasteiger partial charge in [-0.3, -0.25) is 4.98 Å². The number of nitrogens with one attached hydrogen (secondary N) is 1. The molecule has 0 aliphatic carbocycles. The summed E-state index contributed by atoms with van der Waals surface area (Å²) in [5.41, 5.74) is 5.10. The number of methoxy groups -OCH3 is 2. The van der Waals surface area contributed by atoms with Gasteiger partial charge in [0.2, 0.25) is 0 Å². The van der Waals surface area contributed by atoms with Crippen LogP contribution in [0.2, 0.25) is 0 Å². The van der Waals surface area contributed by atoms with Crippen LogP contribution in [0.4, 0.5) is 5.69 Å². The van der Waals surface area contributed by atoms with E-state index in [0.717, 1.165) is 39.6 Å². The lowest BCUT2D eigenvalue weighted by Crippen LogP contribution is -1.95. The molecule has 1 N–H and O–H groups in total. The summed E-state index contributed by atoms with van der Waals surface area (Å²) in [4.78, 5) is 4.66. The molecule has 3 aromatic rings. The maximum absolute atomic E-state index is 5.25. The Labute approximate surface area is 142 Å². The van der Waals surface area contributed by atoms with Gasteiger partial charge in [0.15, 0.2) is 0 Å². The first kappa shape index (κ1) is 15.9. The van der Waals surface area contributed by atoms with Crippen molar-refractivity contribution in [3.8, 4) is 33.9 Å². The number of anilines is 1. The largest absolute Gasteiger partial charge is 0.497 e. The van der Waals surface area contributed by atoms with Crippen molar-refractivity contribution >= 4 is 5.69 Å². The van der Waals surface area contributed by atoms with Crippen LogP contribution in [-0.2, 0) is 0 Å². The number of benzene rings is 2. The zero-order valence-corrected chi connectivity index (χ0v) is 14.0. The third-order valence-electron chi connectivity index (χ3n) is 3.94. The molecular formula is C20H20N2O2. The average Bonchev–Trinajstić information content (AvgIpc) is 2.67. The molecule has 0 atom stereocenters. The molecule has 0 saturated heterocycles. The molecule has 0 bridgehead atoms. The Morgan fingerprint density at radius 3 is 1.83 bits per heavy atom. The van der Waals surface area contributed by atoms with Gasteiger partial charge in [-0.05, 0) is 48.0 Å². The summed E-state index contributed by atoms with van der Waals surface area (Å²) in [6.07, 6.45) is 1.84. The molecule has 0 radical (unpaired) electrons. The van der Waals surface area contributed by atoms with Crippen molar-refractivity contribution in [3.05, 3.63) is 60.8 Å². The van der Waals surface area contributed by atoms with E-state index in [0.29, 0.717) is 0 Å². The summed E-state index contributed by atoms with van der Waals surface area (Å²) < 4.78 is 10.5. The molecular weight excluding hydrogens is 300 g/mol. The van der Waals surface area contributed by atoms with Crippen LogP contribution in [-0.4, -0.2) is 26.3 Å². The van der Waals surface area contributed by atoms with E-state index in [1.165, 1.54) is 0 Å². The van der Waals surface area contributed by atoms with Gasteiger partial charge < -0.3 is 14.8 Å². The van der Waals surface area contributed by atoms with E-state index in [1.807, 2.05) is 61.8 Å². The van der Waals surface area contributed by atoms with Crippen LogP contribution in [0.3, 0.4) is 0 Å². The molecule has 1 aromatic heterocycles. The van der Waals surface area contributed by atoms with Crippen LogP contribution in [0.25, 0.3) is 22.4 Å². The van der Waals surface area contributed by atoms with Crippen molar-refractivity contribution in [1.29, 1.82) is 0 Å². The van der Waals surface area contributed by atoms with Gasteiger partial charge in [0.1, 0.15) is 11.5 Å². The van der Waals surface area contributed by atoms with Crippen LogP contribution < -0.4 is 14.8 Å². The predicted molar refractivity (Wildman–Crippen MR) is 97.8 cm³/mol. The van der Waals surface area contributed by atoms with Crippen molar-refractivity contribution in [2.45, 2.75) is 0 Å². The molecule has 1 heterocycles. The number of ether oxygens (including phenoxy) is 2. The lowest BCUT2D eigenvalue weighted by Gasteiger charge is -2.12. The van der Waals surface area contributed by atoms with E-state index in [2.05, 4.69) is 16.4 Å². The van der Waals surface area contributed by atoms with Crippen molar-refractivity contribution in [2.75, 3.05) is 26.6 Å². The first-order chi connectivity index (χ1) is 11.7. The molecule has 4 nitrogen and oxygen atoms in total. The SMILES string of the molecule is CNc1cnc(-c2ccc(OC)cc2)c(-c2ccc(OC)cc2)c1. The van der Waals surface area contributed by atoms with Crippen molar-refractivity contribution in [3.63, 3.8) is 0 Å². The number of hydrogen-bond donors (Lipinski definition) is 1. The lowest BCUT2D eigenvalue weighted by molar-refractivity contribution is 0.414. The number of aromatic nitrogens is 1. The smallest absolute Gasteiger partial charge is 0.118 e. The third kappa shape index (κ3) is 3.18. The Kier molecular flexibility index (Phi) is 4.66. The van der Waals surface area contributed by atoms with E-state index in [-0.39, 0.29) is 0 Å². The van der Waals surface area contributed by atoms with Crippen molar-refractivity contribution < 1.29 is 9.47 Å². The molecule has 0 aliphatic heterocycles. The first-order valence-corrected chi connectivity index (χ1v) is 7.72. The Morgan fingerprint density at radius 1 is 0.792 bits per heavy atom. The quantitative estimate of drug-likeness (QED) is 0.753. The van der Waals surface area contributed by atoms with E-state index in [4.69, 9.17) is 9.47 Å².